The highest BCUT2D eigenvalue weighted by molar-refractivity contribution is 9.11. The molecule has 0 radical (unpaired) electrons. The molecule has 0 aliphatic heterocycles. The van der Waals surface area contributed by atoms with E-state index >= 15 is 0 Å². The van der Waals surface area contributed by atoms with Gasteiger partial charge in [-0.1, -0.05) is 0 Å². The van der Waals surface area contributed by atoms with Gasteiger partial charge in [0.25, 0.3) is 5.91 Å². The van der Waals surface area contributed by atoms with Crippen molar-refractivity contribution in [2.45, 2.75) is 6.61 Å². The first-order valence-corrected chi connectivity index (χ1v) is 9.53. The van der Waals surface area contributed by atoms with E-state index in [4.69, 9.17) is 4.74 Å². The zero-order chi connectivity index (χ0) is 19.1. The van der Waals surface area contributed by atoms with Gasteiger partial charge >= 0.3 is 0 Å². The Hall–Kier alpha value is -2.78. The minimum atomic E-state index is -0.397. The van der Waals surface area contributed by atoms with Crippen LogP contribution in [0.25, 0.3) is 0 Å². The van der Waals surface area contributed by atoms with Gasteiger partial charge in [-0.25, -0.2) is 4.98 Å². The molecule has 0 unspecified atom stereocenters. The molecule has 0 saturated carbocycles. The zero-order valence-electron chi connectivity index (χ0n) is 14.0. The van der Waals surface area contributed by atoms with Crippen LogP contribution in [0.2, 0.25) is 0 Å². The molecule has 2 amide bonds. The maximum Gasteiger partial charge on any atom is 0.261 e. The topological polar surface area (TPSA) is 93.2 Å². The average molecular weight is 447 g/mol. The highest BCUT2D eigenvalue weighted by Crippen LogP contribution is 2.23. The molecule has 3 rings (SSSR count). The number of amides is 2. The van der Waals surface area contributed by atoms with Crippen LogP contribution in [0.3, 0.4) is 0 Å². The first-order chi connectivity index (χ1) is 13.1. The van der Waals surface area contributed by atoms with Crippen LogP contribution >= 0.6 is 27.3 Å². The van der Waals surface area contributed by atoms with Gasteiger partial charge < -0.3 is 15.4 Å². The number of halogens is 1. The molecular weight excluding hydrogens is 432 g/mol. The van der Waals surface area contributed by atoms with E-state index in [0.717, 1.165) is 9.35 Å². The van der Waals surface area contributed by atoms with Gasteiger partial charge in [-0.2, -0.15) is 0 Å². The molecule has 27 heavy (non-hydrogen) atoms. The first kappa shape index (κ1) is 19.0. The number of carbonyl (C=O) groups is 2. The third-order valence-corrected chi connectivity index (χ3v) is 5.00. The van der Waals surface area contributed by atoms with Crippen molar-refractivity contribution in [3.8, 4) is 5.75 Å². The predicted molar refractivity (Wildman–Crippen MR) is 106 cm³/mol. The lowest BCUT2D eigenvalue weighted by atomic mass is 10.3. The third kappa shape index (κ3) is 5.60. The second-order valence-electron chi connectivity index (χ2n) is 5.33. The summed E-state index contributed by atoms with van der Waals surface area (Å²) >= 11 is 4.59. The van der Waals surface area contributed by atoms with E-state index in [1.165, 1.54) is 11.3 Å². The molecule has 0 atom stereocenters. The summed E-state index contributed by atoms with van der Waals surface area (Å²) in [5.41, 5.74) is 0.945. The van der Waals surface area contributed by atoms with Crippen molar-refractivity contribution in [3.63, 3.8) is 0 Å². The molecule has 7 nitrogen and oxygen atoms in total. The summed E-state index contributed by atoms with van der Waals surface area (Å²) in [6.07, 6.45) is 4.91. The van der Waals surface area contributed by atoms with E-state index in [1.54, 1.807) is 42.9 Å². The number of carbonyl (C=O) groups excluding carboxylic acids is 2. The van der Waals surface area contributed by atoms with Gasteiger partial charge in [-0.15, -0.1) is 11.3 Å². The van der Waals surface area contributed by atoms with Crippen molar-refractivity contribution in [1.82, 2.24) is 15.3 Å². The van der Waals surface area contributed by atoms with Gasteiger partial charge in [-0.3, -0.25) is 14.6 Å². The van der Waals surface area contributed by atoms with Crippen LogP contribution in [0.5, 0.6) is 5.75 Å². The Labute approximate surface area is 167 Å². The lowest BCUT2D eigenvalue weighted by Gasteiger charge is -2.11. The maximum atomic E-state index is 12.1. The van der Waals surface area contributed by atoms with Gasteiger partial charge in [0.05, 0.1) is 15.2 Å². The van der Waals surface area contributed by atoms with E-state index < -0.39 is 5.91 Å². The second-order valence-corrected chi connectivity index (χ2v) is 7.79. The quantitative estimate of drug-likeness (QED) is 0.580. The van der Waals surface area contributed by atoms with Gasteiger partial charge in [0.15, 0.2) is 11.6 Å². The Bertz CT molecular complexity index is 933. The van der Waals surface area contributed by atoms with Crippen molar-refractivity contribution >= 4 is 44.9 Å². The van der Waals surface area contributed by atoms with E-state index in [2.05, 4.69) is 36.5 Å². The Morgan fingerprint density at radius 1 is 1.11 bits per heavy atom. The smallest absolute Gasteiger partial charge is 0.261 e. The van der Waals surface area contributed by atoms with Crippen LogP contribution in [0.1, 0.15) is 15.2 Å². The molecule has 3 aromatic rings. The molecule has 138 valence electrons. The number of ether oxygens (including phenoxy) is 1. The minimum absolute atomic E-state index is 0.172. The summed E-state index contributed by atoms with van der Waals surface area (Å²) < 4.78 is 6.57. The van der Waals surface area contributed by atoms with Crippen molar-refractivity contribution in [1.29, 1.82) is 0 Å². The zero-order valence-corrected chi connectivity index (χ0v) is 16.4. The number of nitrogens with zero attached hydrogens (tertiary/aromatic N) is 2. The fourth-order valence-electron chi connectivity index (χ4n) is 2.10. The van der Waals surface area contributed by atoms with Crippen molar-refractivity contribution < 1.29 is 14.3 Å². The number of pyridine rings is 2. The fourth-order valence-corrected chi connectivity index (χ4v) is 3.40. The Morgan fingerprint density at radius 3 is 2.67 bits per heavy atom. The average Bonchev–Trinajstić information content (AvgIpc) is 3.13. The van der Waals surface area contributed by atoms with Crippen molar-refractivity contribution in [2.75, 3.05) is 11.9 Å². The number of nitrogens with one attached hydrogen (secondary N) is 2. The second kappa shape index (κ2) is 9.24. The number of aromatic nitrogens is 2. The number of thiophene rings is 1. The Balaban J connectivity index is 1.55. The van der Waals surface area contributed by atoms with Crippen LogP contribution in [-0.2, 0) is 11.4 Å². The molecule has 2 N–H and O–H groups in total. The SMILES string of the molecule is O=C(CNC(=O)c1ccc(Br)s1)Nc1ncccc1OCc1ccncc1. The summed E-state index contributed by atoms with van der Waals surface area (Å²) in [5.74, 6) is 0.0308. The third-order valence-electron chi connectivity index (χ3n) is 3.38. The van der Waals surface area contributed by atoms with Crippen molar-refractivity contribution in [3.05, 3.63) is 69.2 Å². The van der Waals surface area contributed by atoms with E-state index in [1.807, 2.05) is 12.1 Å². The molecule has 0 spiro atoms. The normalized spacial score (nSPS) is 10.3. The predicted octanol–water partition coefficient (Wildman–Crippen LogP) is 3.25. The van der Waals surface area contributed by atoms with E-state index in [0.29, 0.717) is 23.1 Å². The summed E-state index contributed by atoms with van der Waals surface area (Å²) in [6, 6.07) is 10.6. The molecule has 0 aliphatic carbocycles. The number of hydrogen-bond donors (Lipinski definition) is 2. The summed E-state index contributed by atoms with van der Waals surface area (Å²) in [7, 11) is 0. The summed E-state index contributed by atoms with van der Waals surface area (Å²) in [6.45, 7) is 0.149. The van der Waals surface area contributed by atoms with Crippen LogP contribution in [0, 0.1) is 0 Å². The van der Waals surface area contributed by atoms with Crippen LogP contribution in [0.15, 0.2) is 58.8 Å². The molecule has 3 heterocycles. The van der Waals surface area contributed by atoms with Crippen LogP contribution < -0.4 is 15.4 Å². The Morgan fingerprint density at radius 2 is 1.93 bits per heavy atom. The largest absolute Gasteiger partial charge is 0.485 e. The maximum absolute atomic E-state index is 12.1. The lowest BCUT2D eigenvalue weighted by molar-refractivity contribution is -0.115. The number of hydrogen-bond acceptors (Lipinski definition) is 6. The molecule has 0 aromatic carbocycles. The molecule has 0 bridgehead atoms. The number of anilines is 1. The summed E-state index contributed by atoms with van der Waals surface area (Å²) in [5, 5.41) is 5.22. The molecule has 0 fully saturated rings. The molecule has 9 heteroatoms. The fraction of sp³-hybridized carbons (Fsp3) is 0.111. The monoisotopic (exact) mass is 446 g/mol. The van der Waals surface area contributed by atoms with Gasteiger partial charge in [0.1, 0.15) is 6.61 Å². The van der Waals surface area contributed by atoms with Crippen molar-refractivity contribution in [2.24, 2.45) is 0 Å². The standard InChI is InChI=1S/C18H15BrN4O3S/c19-15-4-3-14(27-15)18(25)22-10-16(24)23-17-13(2-1-7-21-17)26-11-12-5-8-20-9-6-12/h1-9H,10-11H2,(H,22,25)(H,21,23,24). The molecule has 3 aromatic heterocycles. The highest BCUT2D eigenvalue weighted by Gasteiger charge is 2.13. The van der Waals surface area contributed by atoms with E-state index in [-0.39, 0.29) is 12.5 Å². The van der Waals surface area contributed by atoms with Gasteiger partial charge in [0.2, 0.25) is 5.91 Å². The lowest BCUT2D eigenvalue weighted by Crippen LogP contribution is -2.32. The minimum Gasteiger partial charge on any atom is -0.485 e. The highest BCUT2D eigenvalue weighted by atomic mass is 79.9. The van der Waals surface area contributed by atoms with Crippen LogP contribution in [0.4, 0.5) is 5.82 Å². The molecule has 0 aliphatic rings. The first-order valence-electron chi connectivity index (χ1n) is 7.92. The Kier molecular flexibility index (Phi) is 6.50. The molecular formula is C18H15BrN4O3S. The number of rotatable bonds is 7. The van der Waals surface area contributed by atoms with Gasteiger partial charge in [-0.05, 0) is 57.9 Å². The molecule has 0 saturated heterocycles. The van der Waals surface area contributed by atoms with E-state index in [9.17, 15) is 9.59 Å². The van der Waals surface area contributed by atoms with Crippen LogP contribution in [-0.4, -0.2) is 28.3 Å². The summed E-state index contributed by atoms with van der Waals surface area (Å²) in [4.78, 5) is 32.7. The van der Waals surface area contributed by atoms with Gasteiger partial charge in [0, 0.05) is 18.6 Å².